The van der Waals surface area contributed by atoms with Gasteiger partial charge in [-0.15, -0.1) is 0 Å². The molecule has 24 heavy (non-hydrogen) atoms. The second-order valence-corrected chi connectivity index (χ2v) is 7.58. The van der Waals surface area contributed by atoms with Crippen molar-refractivity contribution in [1.29, 1.82) is 0 Å². The van der Waals surface area contributed by atoms with Gasteiger partial charge in [-0.1, -0.05) is 104 Å². The molecular weight excluding hydrogens is 292 g/mol. The lowest BCUT2D eigenvalue weighted by Gasteiger charge is -2.21. The van der Waals surface area contributed by atoms with E-state index in [0.717, 1.165) is 6.67 Å². The van der Waals surface area contributed by atoms with Gasteiger partial charge in [-0.2, -0.15) is 0 Å². The van der Waals surface area contributed by atoms with Crippen LogP contribution in [-0.4, -0.2) is 31.7 Å². The zero-order valence-electron chi connectivity index (χ0n) is 17.4. The van der Waals surface area contributed by atoms with E-state index in [9.17, 15) is 0 Å². The third-order valence-corrected chi connectivity index (χ3v) is 5.04. The Morgan fingerprint density at radius 2 is 0.833 bits per heavy atom. The van der Waals surface area contributed by atoms with Crippen molar-refractivity contribution in [2.75, 3.05) is 26.8 Å². The normalized spacial score (nSPS) is 11.5. The van der Waals surface area contributed by atoms with E-state index in [4.69, 9.17) is 0 Å². The highest BCUT2D eigenvalue weighted by molar-refractivity contribution is 4.58. The highest BCUT2D eigenvalue weighted by Crippen LogP contribution is 2.11. The Morgan fingerprint density at radius 3 is 1.17 bits per heavy atom. The van der Waals surface area contributed by atoms with Gasteiger partial charge in [-0.25, -0.2) is 0 Å². The summed E-state index contributed by atoms with van der Waals surface area (Å²) in [7, 11) is 2.08. The van der Waals surface area contributed by atoms with E-state index in [1.165, 1.54) is 116 Å². The molecule has 0 aliphatic carbocycles. The van der Waals surface area contributed by atoms with Crippen LogP contribution in [0.4, 0.5) is 0 Å². The van der Waals surface area contributed by atoms with Crippen LogP contribution in [0.25, 0.3) is 0 Å². The van der Waals surface area contributed by atoms with Gasteiger partial charge in [0.25, 0.3) is 0 Å². The number of unbranched alkanes of at least 4 members (excludes halogenated alkanes) is 14. The minimum atomic E-state index is 1.06. The van der Waals surface area contributed by atoms with Crippen molar-refractivity contribution < 1.29 is 0 Å². The van der Waals surface area contributed by atoms with Gasteiger partial charge in [0, 0.05) is 6.67 Å². The fraction of sp³-hybridized carbons (Fsp3) is 1.00. The predicted molar refractivity (Wildman–Crippen MR) is 111 cm³/mol. The SMILES string of the molecule is CCCCCCCCCCN(CCCCCCCCCC)CNC. The van der Waals surface area contributed by atoms with E-state index in [1.54, 1.807) is 0 Å². The summed E-state index contributed by atoms with van der Waals surface area (Å²) in [5, 5.41) is 3.34. The summed E-state index contributed by atoms with van der Waals surface area (Å²) in [6.07, 6.45) is 22.7. The third-order valence-electron chi connectivity index (χ3n) is 5.04. The first-order valence-electron chi connectivity index (χ1n) is 11.2. The molecule has 2 heteroatoms. The molecule has 0 atom stereocenters. The fourth-order valence-corrected chi connectivity index (χ4v) is 3.43. The molecule has 1 N–H and O–H groups in total. The van der Waals surface area contributed by atoms with Crippen LogP contribution in [0.15, 0.2) is 0 Å². The summed E-state index contributed by atoms with van der Waals surface area (Å²) in [4.78, 5) is 2.62. The lowest BCUT2D eigenvalue weighted by atomic mass is 10.1. The highest BCUT2D eigenvalue weighted by Gasteiger charge is 2.03. The molecule has 0 aromatic rings. The van der Waals surface area contributed by atoms with Gasteiger partial charge in [-0.05, 0) is 33.0 Å². The Balaban J connectivity index is 3.43. The molecule has 0 aliphatic rings. The molecule has 0 saturated heterocycles. The molecule has 0 unspecified atom stereocenters. The summed E-state index contributed by atoms with van der Waals surface area (Å²) in [5.41, 5.74) is 0. The van der Waals surface area contributed by atoms with Crippen molar-refractivity contribution in [1.82, 2.24) is 10.2 Å². The van der Waals surface area contributed by atoms with Crippen LogP contribution >= 0.6 is 0 Å². The van der Waals surface area contributed by atoms with Crippen LogP contribution in [-0.2, 0) is 0 Å². The quantitative estimate of drug-likeness (QED) is 0.195. The van der Waals surface area contributed by atoms with E-state index >= 15 is 0 Å². The summed E-state index contributed by atoms with van der Waals surface area (Å²) in [6, 6.07) is 0. The molecule has 0 radical (unpaired) electrons. The van der Waals surface area contributed by atoms with E-state index in [2.05, 4.69) is 31.1 Å². The van der Waals surface area contributed by atoms with E-state index in [1.807, 2.05) is 0 Å². The summed E-state index contributed by atoms with van der Waals surface area (Å²) in [6.45, 7) is 8.22. The average Bonchev–Trinajstić information content (AvgIpc) is 2.59. The van der Waals surface area contributed by atoms with Gasteiger partial charge in [0.15, 0.2) is 0 Å². The Labute approximate surface area is 154 Å². The number of hydrogen-bond donors (Lipinski definition) is 1. The first kappa shape index (κ1) is 23.9. The minimum Gasteiger partial charge on any atom is -0.307 e. The largest absolute Gasteiger partial charge is 0.307 e. The summed E-state index contributed by atoms with van der Waals surface area (Å²) < 4.78 is 0. The second-order valence-electron chi connectivity index (χ2n) is 7.58. The fourth-order valence-electron chi connectivity index (χ4n) is 3.43. The Bertz CT molecular complexity index is 198. The summed E-state index contributed by atoms with van der Waals surface area (Å²) in [5.74, 6) is 0. The van der Waals surface area contributed by atoms with Crippen molar-refractivity contribution >= 4 is 0 Å². The van der Waals surface area contributed by atoms with Crippen LogP contribution < -0.4 is 5.32 Å². The first-order chi connectivity index (χ1) is 11.8. The third kappa shape index (κ3) is 18.3. The van der Waals surface area contributed by atoms with Crippen molar-refractivity contribution in [3.05, 3.63) is 0 Å². The van der Waals surface area contributed by atoms with E-state index < -0.39 is 0 Å². The van der Waals surface area contributed by atoms with Crippen LogP contribution in [0, 0.1) is 0 Å². The maximum atomic E-state index is 3.34. The molecule has 146 valence electrons. The molecule has 0 rings (SSSR count). The van der Waals surface area contributed by atoms with Crippen molar-refractivity contribution in [2.24, 2.45) is 0 Å². The monoisotopic (exact) mass is 340 g/mol. The van der Waals surface area contributed by atoms with Gasteiger partial charge in [0.1, 0.15) is 0 Å². The van der Waals surface area contributed by atoms with Crippen molar-refractivity contribution in [2.45, 2.75) is 117 Å². The number of nitrogens with zero attached hydrogens (tertiary/aromatic N) is 1. The second kappa shape index (κ2) is 21.0. The molecule has 0 amide bonds. The summed E-state index contributed by atoms with van der Waals surface area (Å²) >= 11 is 0. The van der Waals surface area contributed by atoms with Gasteiger partial charge in [0.2, 0.25) is 0 Å². The average molecular weight is 341 g/mol. The molecular formula is C22H48N2. The maximum absolute atomic E-state index is 3.34. The smallest absolute Gasteiger partial charge is 0.0477 e. The van der Waals surface area contributed by atoms with Crippen LogP contribution in [0.2, 0.25) is 0 Å². The molecule has 0 heterocycles. The zero-order valence-corrected chi connectivity index (χ0v) is 17.4. The van der Waals surface area contributed by atoms with Crippen LogP contribution in [0.1, 0.15) is 117 Å². The van der Waals surface area contributed by atoms with E-state index in [-0.39, 0.29) is 0 Å². The molecule has 2 nitrogen and oxygen atoms in total. The topological polar surface area (TPSA) is 15.3 Å². The first-order valence-corrected chi connectivity index (χ1v) is 11.2. The number of rotatable bonds is 20. The lowest BCUT2D eigenvalue weighted by molar-refractivity contribution is 0.248. The van der Waals surface area contributed by atoms with Crippen molar-refractivity contribution in [3.8, 4) is 0 Å². The molecule has 0 saturated carbocycles. The van der Waals surface area contributed by atoms with Gasteiger partial charge < -0.3 is 5.32 Å². The maximum Gasteiger partial charge on any atom is 0.0477 e. The standard InChI is InChI=1S/C22H48N2/c1-4-6-8-10-12-14-16-18-20-24(22-23-3)21-19-17-15-13-11-9-7-5-2/h23H,4-22H2,1-3H3. The Kier molecular flexibility index (Phi) is 20.9. The van der Waals surface area contributed by atoms with Gasteiger partial charge in [-0.3, -0.25) is 4.90 Å². The molecule has 0 fully saturated rings. The zero-order chi connectivity index (χ0) is 17.7. The van der Waals surface area contributed by atoms with Crippen molar-refractivity contribution in [3.63, 3.8) is 0 Å². The molecule has 0 aromatic carbocycles. The molecule has 0 bridgehead atoms. The molecule has 0 aliphatic heterocycles. The lowest BCUT2D eigenvalue weighted by Crippen LogP contribution is -2.34. The molecule has 0 spiro atoms. The Hall–Kier alpha value is -0.0800. The number of nitrogens with one attached hydrogen (secondary N) is 1. The van der Waals surface area contributed by atoms with Crippen LogP contribution in [0.5, 0.6) is 0 Å². The van der Waals surface area contributed by atoms with Crippen LogP contribution in [0.3, 0.4) is 0 Å². The Morgan fingerprint density at radius 1 is 0.500 bits per heavy atom. The van der Waals surface area contributed by atoms with E-state index in [0.29, 0.717) is 0 Å². The minimum absolute atomic E-state index is 1.06. The highest BCUT2D eigenvalue weighted by atomic mass is 15.2. The predicted octanol–water partition coefficient (Wildman–Crippen LogP) is 6.75. The molecule has 0 aromatic heterocycles. The van der Waals surface area contributed by atoms with Gasteiger partial charge >= 0.3 is 0 Å². The van der Waals surface area contributed by atoms with Gasteiger partial charge in [0.05, 0.1) is 0 Å². The number of hydrogen-bond acceptors (Lipinski definition) is 2.